The molecule has 0 aliphatic carbocycles. The van der Waals surface area contributed by atoms with Gasteiger partial charge in [0.15, 0.2) is 11.3 Å². The van der Waals surface area contributed by atoms with E-state index in [1.807, 2.05) is 24.3 Å². The fourth-order valence-corrected chi connectivity index (χ4v) is 7.59. The van der Waals surface area contributed by atoms with Gasteiger partial charge in [-0.2, -0.15) is 10.2 Å². The van der Waals surface area contributed by atoms with Gasteiger partial charge in [-0.15, -0.1) is 0 Å². The third kappa shape index (κ3) is 9.66. The quantitative estimate of drug-likeness (QED) is 0.112. The Hall–Kier alpha value is -5.26. The third-order valence-electron chi connectivity index (χ3n) is 10.4. The summed E-state index contributed by atoms with van der Waals surface area (Å²) in [5.74, 6) is 0.551. The van der Waals surface area contributed by atoms with Crippen LogP contribution >= 0.6 is 23.2 Å². The van der Waals surface area contributed by atoms with E-state index in [4.69, 9.17) is 28.9 Å². The van der Waals surface area contributed by atoms with Crippen LogP contribution < -0.4 is 31.4 Å². The normalized spacial score (nSPS) is 15.0. The van der Waals surface area contributed by atoms with Crippen LogP contribution in [0, 0.1) is 11.8 Å². The average molecular weight is 812 g/mol. The highest BCUT2D eigenvalue weighted by atomic mass is 35.5. The lowest BCUT2D eigenvalue weighted by atomic mass is 9.86. The first-order valence-electron chi connectivity index (χ1n) is 19.1. The molecule has 2 amide bonds. The fourth-order valence-electron chi connectivity index (χ4n) is 7.25. The van der Waals surface area contributed by atoms with E-state index >= 15 is 0 Å². The average Bonchev–Trinajstić information content (AvgIpc) is 3.86. The van der Waals surface area contributed by atoms with Gasteiger partial charge in [-0.05, 0) is 106 Å². The number of halogens is 2. The van der Waals surface area contributed by atoms with E-state index in [-0.39, 0.29) is 11.8 Å². The highest BCUT2D eigenvalue weighted by Crippen LogP contribution is 2.34. The standard InChI is InChI=1S/C20H24BClN6O2.C19H21ClN6O/c1-21(30)24-12-14-5-9-27(10-6-14)18-4-3-15(22)11-17(18)26-20(29)16-13-25-28-8-2-7-23-19(16)28;20-14-2-3-17(25-8-4-13(11-21)5-9-25)16(10-14)24-19(27)15-12-23-26-7-1-6-22-18(15)26/h2-4,7-8,11,13-14,24,30H,5-6,9-10,12H2,1H3,(H,26,29);1-3,6-7,10,12-13H,4-5,8-9,11,21H2,(H,24,27). The van der Waals surface area contributed by atoms with Gasteiger partial charge in [-0.25, -0.2) is 19.0 Å². The van der Waals surface area contributed by atoms with Crippen molar-refractivity contribution in [1.29, 1.82) is 0 Å². The van der Waals surface area contributed by atoms with Crippen molar-refractivity contribution in [2.75, 3.05) is 59.7 Å². The maximum absolute atomic E-state index is 12.9. The van der Waals surface area contributed by atoms with Gasteiger partial charge in [0.25, 0.3) is 11.8 Å². The van der Waals surface area contributed by atoms with E-state index in [2.05, 4.69) is 45.8 Å². The van der Waals surface area contributed by atoms with Crippen LogP contribution in [0.15, 0.2) is 85.7 Å². The predicted octanol–water partition coefficient (Wildman–Crippen LogP) is 5.36. The molecule has 0 atom stereocenters. The molecule has 0 radical (unpaired) electrons. The molecule has 0 unspecified atom stereocenters. The number of rotatable bonds is 10. The van der Waals surface area contributed by atoms with Crippen LogP contribution in [-0.2, 0) is 0 Å². The Labute approximate surface area is 340 Å². The monoisotopic (exact) mass is 810 g/mol. The van der Waals surface area contributed by atoms with Crippen LogP contribution in [-0.4, -0.2) is 92.4 Å². The highest BCUT2D eigenvalue weighted by molar-refractivity contribution is 6.45. The molecule has 2 fully saturated rings. The summed E-state index contributed by atoms with van der Waals surface area (Å²) < 4.78 is 3.14. The summed E-state index contributed by atoms with van der Waals surface area (Å²) in [6, 6.07) is 14.7. The molecule has 0 saturated carbocycles. The minimum Gasteiger partial charge on any atom is -0.437 e. The van der Waals surface area contributed by atoms with E-state index in [0.29, 0.717) is 55.7 Å². The second kappa shape index (κ2) is 18.3. The Morgan fingerprint density at radius 1 is 0.772 bits per heavy atom. The number of hydrogen-bond donors (Lipinski definition) is 5. The topological polar surface area (TPSA) is 183 Å². The van der Waals surface area contributed by atoms with Gasteiger partial charge in [0.1, 0.15) is 11.1 Å². The number of nitrogens with two attached hydrogens (primary N) is 1. The summed E-state index contributed by atoms with van der Waals surface area (Å²) in [6.45, 7) is 6.81. The number of nitrogens with one attached hydrogen (secondary N) is 3. The maximum Gasteiger partial charge on any atom is 0.373 e. The van der Waals surface area contributed by atoms with Crippen molar-refractivity contribution in [3.05, 3.63) is 107 Å². The second-order valence-electron chi connectivity index (χ2n) is 14.3. The van der Waals surface area contributed by atoms with Gasteiger partial charge >= 0.3 is 7.05 Å². The Balaban J connectivity index is 0.000000175. The molecular weight excluding hydrogens is 766 g/mol. The minimum atomic E-state index is -0.490. The SMILES string of the molecule is CB(O)NCC1CCN(c2ccc(Cl)cc2NC(=O)c2cnn3cccnc23)CC1.NCC1CCN(c2ccc(Cl)cc2NC(=O)c2cnn3cccnc23)CC1. The first kappa shape index (κ1) is 40.0. The van der Waals surface area contributed by atoms with Crippen molar-refractivity contribution in [3.63, 3.8) is 0 Å². The minimum absolute atomic E-state index is 0.260. The van der Waals surface area contributed by atoms with Crippen molar-refractivity contribution in [2.45, 2.75) is 32.5 Å². The molecule has 0 spiro atoms. The van der Waals surface area contributed by atoms with Crippen LogP contribution in [0.3, 0.4) is 0 Å². The maximum atomic E-state index is 12.9. The van der Waals surface area contributed by atoms with E-state index in [1.165, 1.54) is 12.4 Å². The first-order valence-corrected chi connectivity index (χ1v) is 19.8. The van der Waals surface area contributed by atoms with Gasteiger partial charge in [-0.3, -0.25) is 9.59 Å². The van der Waals surface area contributed by atoms with Crippen molar-refractivity contribution in [1.82, 2.24) is 34.4 Å². The molecule has 0 bridgehead atoms. The Kier molecular flexibility index (Phi) is 12.9. The number of piperidine rings is 2. The molecule has 4 aromatic heterocycles. The molecule has 6 heterocycles. The fraction of sp³-hybridized carbons (Fsp3) is 0.333. The van der Waals surface area contributed by atoms with Crippen molar-refractivity contribution in [3.8, 4) is 0 Å². The number of amides is 2. The Morgan fingerprint density at radius 3 is 1.67 bits per heavy atom. The molecule has 2 aliphatic heterocycles. The summed E-state index contributed by atoms with van der Waals surface area (Å²) in [6.07, 6.45) is 13.9. The van der Waals surface area contributed by atoms with Crippen molar-refractivity contribution >= 4 is 76.1 Å². The number of benzene rings is 2. The summed E-state index contributed by atoms with van der Waals surface area (Å²) in [5, 5.41) is 28.0. The molecule has 2 aromatic carbocycles. The zero-order valence-electron chi connectivity index (χ0n) is 31.6. The summed E-state index contributed by atoms with van der Waals surface area (Å²) in [5.41, 5.74) is 10.9. The van der Waals surface area contributed by atoms with Crippen LogP contribution in [0.2, 0.25) is 16.9 Å². The van der Waals surface area contributed by atoms with Gasteiger partial charge in [0.2, 0.25) is 0 Å². The van der Waals surface area contributed by atoms with Crippen LogP contribution in [0.4, 0.5) is 22.7 Å². The predicted molar refractivity (Wildman–Crippen MR) is 226 cm³/mol. The highest BCUT2D eigenvalue weighted by Gasteiger charge is 2.25. The van der Waals surface area contributed by atoms with Crippen molar-refractivity contribution in [2.24, 2.45) is 17.6 Å². The molecule has 57 heavy (non-hydrogen) atoms. The van der Waals surface area contributed by atoms with Crippen molar-refractivity contribution < 1.29 is 14.6 Å². The van der Waals surface area contributed by atoms with Gasteiger partial charge < -0.3 is 36.4 Å². The smallest absolute Gasteiger partial charge is 0.373 e. The molecule has 6 N–H and O–H groups in total. The third-order valence-corrected chi connectivity index (χ3v) is 10.9. The van der Waals surface area contributed by atoms with E-state index in [0.717, 1.165) is 76.3 Å². The summed E-state index contributed by atoms with van der Waals surface area (Å²) >= 11 is 12.4. The zero-order chi connectivity index (χ0) is 39.9. The molecule has 2 aliphatic rings. The number of aromatic nitrogens is 6. The van der Waals surface area contributed by atoms with Gasteiger partial charge in [0, 0.05) is 61.0 Å². The Morgan fingerprint density at radius 2 is 1.23 bits per heavy atom. The molecule has 296 valence electrons. The van der Waals surface area contributed by atoms with Crippen LogP contribution in [0.25, 0.3) is 11.3 Å². The summed E-state index contributed by atoms with van der Waals surface area (Å²) in [7, 11) is -0.490. The van der Waals surface area contributed by atoms with E-state index in [9.17, 15) is 14.6 Å². The van der Waals surface area contributed by atoms with Crippen LogP contribution in [0.1, 0.15) is 46.4 Å². The Bertz CT molecular complexity index is 2320. The lowest BCUT2D eigenvalue weighted by molar-refractivity contribution is 0.102. The number of hydrogen-bond acceptors (Lipinski definition) is 11. The largest absolute Gasteiger partial charge is 0.437 e. The van der Waals surface area contributed by atoms with E-state index in [1.54, 1.807) is 64.9 Å². The number of fused-ring (bicyclic) bond motifs is 2. The molecule has 18 heteroatoms. The lowest BCUT2D eigenvalue weighted by Crippen LogP contribution is -2.41. The number of carbonyl (C=O) groups excluding carboxylic acids is 2. The lowest BCUT2D eigenvalue weighted by Gasteiger charge is -2.35. The molecular formula is C39H45BCl2N12O3. The molecule has 2 saturated heterocycles. The number of nitrogens with zero attached hydrogens (tertiary/aromatic N) is 8. The van der Waals surface area contributed by atoms with Crippen LogP contribution in [0.5, 0.6) is 0 Å². The zero-order valence-corrected chi connectivity index (χ0v) is 33.1. The second-order valence-corrected chi connectivity index (χ2v) is 15.2. The number of carbonyl (C=O) groups is 2. The van der Waals surface area contributed by atoms with Gasteiger partial charge in [-0.1, -0.05) is 23.2 Å². The van der Waals surface area contributed by atoms with Gasteiger partial charge in [0.05, 0.1) is 35.1 Å². The number of anilines is 4. The van der Waals surface area contributed by atoms with E-state index < -0.39 is 7.05 Å². The summed E-state index contributed by atoms with van der Waals surface area (Å²) in [4.78, 5) is 38.8. The molecule has 15 nitrogen and oxygen atoms in total. The molecule has 6 aromatic rings. The first-order chi connectivity index (χ1) is 27.7. The molecule has 8 rings (SSSR count).